The zero-order valence-electron chi connectivity index (χ0n) is 11.2. The summed E-state index contributed by atoms with van der Waals surface area (Å²) in [6.07, 6.45) is 1.57. The Morgan fingerprint density at radius 1 is 1.35 bits per heavy atom. The van der Waals surface area contributed by atoms with Crippen molar-refractivity contribution in [2.45, 2.75) is 43.9 Å². The van der Waals surface area contributed by atoms with E-state index < -0.39 is 18.1 Å². The number of morpholine rings is 1. The van der Waals surface area contributed by atoms with Crippen LogP contribution in [-0.2, 0) is 19.1 Å². The maximum absolute atomic E-state index is 12.3. The van der Waals surface area contributed by atoms with Gasteiger partial charge in [0.25, 0.3) is 0 Å². The molecule has 1 N–H and O–H groups in total. The Morgan fingerprint density at radius 2 is 2.10 bits per heavy atom. The van der Waals surface area contributed by atoms with Gasteiger partial charge in [-0.05, 0) is 12.8 Å². The van der Waals surface area contributed by atoms with Gasteiger partial charge >= 0.3 is 5.97 Å². The van der Waals surface area contributed by atoms with Crippen LogP contribution in [0.4, 0.5) is 0 Å². The molecule has 20 heavy (non-hydrogen) atoms. The average Bonchev–Trinajstić information content (AvgIpc) is 3.16. The van der Waals surface area contributed by atoms with Gasteiger partial charge < -0.3 is 9.84 Å². The van der Waals surface area contributed by atoms with E-state index in [0.29, 0.717) is 19.7 Å². The first-order chi connectivity index (χ1) is 9.56. The van der Waals surface area contributed by atoms with Crippen molar-refractivity contribution in [1.29, 1.82) is 0 Å². The van der Waals surface area contributed by atoms with E-state index in [-0.39, 0.29) is 30.7 Å². The Hall–Kier alpha value is -1.47. The molecule has 1 aliphatic carbocycles. The Morgan fingerprint density at radius 3 is 2.75 bits per heavy atom. The number of carboxylic acid groups (broad SMARTS) is 1. The lowest BCUT2D eigenvalue weighted by Gasteiger charge is -2.35. The van der Waals surface area contributed by atoms with Crippen LogP contribution in [-0.4, -0.2) is 70.6 Å². The molecule has 1 saturated carbocycles. The molecule has 0 radical (unpaired) electrons. The average molecular weight is 282 g/mol. The largest absolute Gasteiger partial charge is 0.481 e. The molecular weight excluding hydrogens is 264 g/mol. The number of amides is 2. The Labute approximate surface area is 116 Å². The van der Waals surface area contributed by atoms with Gasteiger partial charge in [-0.2, -0.15) is 0 Å². The third-order valence-electron chi connectivity index (χ3n) is 4.08. The molecule has 2 amide bonds. The summed E-state index contributed by atoms with van der Waals surface area (Å²) in [5.74, 6) is -1.12. The molecule has 2 unspecified atom stereocenters. The lowest BCUT2D eigenvalue weighted by Crippen LogP contribution is -2.51. The minimum Gasteiger partial charge on any atom is -0.481 e. The van der Waals surface area contributed by atoms with E-state index in [0.717, 1.165) is 12.8 Å². The van der Waals surface area contributed by atoms with E-state index >= 15 is 0 Å². The number of carbonyl (C=O) groups excluding carboxylic acids is 2. The molecule has 110 valence electrons. The fraction of sp³-hybridized carbons (Fsp3) is 0.769. The second-order valence-corrected chi connectivity index (χ2v) is 5.64. The summed E-state index contributed by atoms with van der Waals surface area (Å²) < 4.78 is 5.39. The van der Waals surface area contributed by atoms with Crippen LogP contribution in [0.15, 0.2) is 0 Å². The summed E-state index contributed by atoms with van der Waals surface area (Å²) in [6, 6.07) is -0.320. The quantitative estimate of drug-likeness (QED) is 0.696. The number of imide groups is 1. The summed E-state index contributed by atoms with van der Waals surface area (Å²) in [5.41, 5.74) is 0. The number of rotatable bonds is 4. The number of nitrogens with zero attached hydrogens (tertiary/aromatic N) is 2. The van der Waals surface area contributed by atoms with Crippen LogP contribution < -0.4 is 0 Å². The van der Waals surface area contributed by atoms with Gasteiger partial charge in [-0.25, -0.2) is 0 Å². The molecule has 7 heteroatoms. The zero-order valence-corrected chi connectivity index (χ0v) is 11.2. The zero-order chi connectivity index (χ0) is 14.3. The number of likely N-dealkylation sites (tertiary alicyclic amines) is 1. The van der Waals surface area contributed by atoms with Gasteiger partial charge in [0.1, 0.15) is 0 Å². The van der Waals surface area contributed by atoms with Crippen molar-refractivity contribution >= 4 is 17.8 Å². The summed E-state index contributed by atoms with van der Waals surface area (Å²) in [5, 5.41) is 8.81. The van der Waals surface area contributed by atoms with Crippen LogP contribution in [0.1, 0.15) is 25.7 Å². The summed E-state index contributed by atoms with van der Waals surface area (Å²) in [6.45, 7) is 1.37. The van der Waals surface area contributed by atoms with Gasteiger partial charge in [-0.3, -0.25) is 24.2 Å². The predicted molar refractivity (Wildman–Crippen MR) is 66.8 cm³/mol. The standard InChI is InChI=1S/C13H18N2O5/c16-11-6-10(13(19)15(11)8-1-2-8)14-3-4-20-9(7-14)5-12(17)18/h8-10H,1-7H2,(H,17,18). The van der Waals surface area contributed by atoms with Crippen molar-refractivity contribution in [3.8, 4) is 0 Å². The highest BCUT2D eigenvalue weighted by atomic mass is 16.5. The number of carboxylic acids is 1. The van der Waals surface area contributed by atoms with Gasteiger partial charge in [0, 0.05) is 19.1 Å². The molecular formula is C13H18N2O5. The van der Waals surface area contributed by atoms with Gasteiger partial charge in [0.2, 0.25) is 11.8 Å². The molecule has 3 fully saturated rings. The maximum Gasteiger partial charge on any atom is 0.306 e. The van der Waals surface area contributed by atoms with E-state index in [1.807, 2.05) is 4.90 Å². The van der Waals surface area contributed by atoms with Gasteiger partial charge in [0.05, 0.1) is 31.6 Å². The molecule has 0 aromatic carbocycles. The van der Waals surface area contributed by atoms with Crippen LogP contribution >= 0.6 is 0 Å². The van der Waals surface area contributed by atoms with Gasteiger partial charge in [-0.1, -0.05) is 0 Å². The molecule has 0 bridgehead atoms. The third kappa shape index (κ3) is 2.55. The van der Waals surface area contributed by atoms with Gasteiger partial charge in [0.15, 0.2) is 0 Å². The Kier molecular flexibility index (Phi) is 3.47. The van der Waals surface area contributed by atoms with Crippen LogP contribution in [0.3, 0.4) is 0 Å². The molecule has 3 rings (SSSR count). The molecule has 0 spiro atoms. The molecule has 7 nitrogen and oxygen atoms in total. The number of hydrogen-bond acceptors (Lipinski definition) is 5. The number of carbonyl (C=O) groups is 3. The van der Waals surface area contributed by atoms with E-state index in [1.54, 1.807) is 0 Å². The number of hydrogen-bond donors (Lipinski definition) is 1. The normalized spacial score (nSPS) is 31.9. The minimum absolute atomic E-state index is 0.0717. The van der Waals surface area contributed by atoms with Crippen LogP contribution in [0.5, 0.6) is 0 Å². The van der Waals surface area contributed by atoms with Crippen molar-refractivity contribution in [3.63, 3.8) is 0 Å². The molecule has 2 atom stereocenters. The third-order valence-corrected chi connectivity index (χ3v) is 4.08. The van der Waals surface area contributed by atoms with Crippen LogP contribution in [0.2, 0.25) is 0 Å². The molecule has 3 aliphatic rings. The topological polar surface area (TPSA) is 87.2 Å². The predicted octanol–water partition coefficient (Wildman–Crippen LogP) is -0.548. The fourth-order valence-electron chi connectivity index (χ4n) is 2.98. The maximum atomic E-state index is 12.3. The number of ether oxygens (including phenoxy) is 1. The SMILES string of the molecule is O=C(O)CC1CN(C2CC(=O)N(C3CC3)C2=O)CCO1. The second-order valence-electron chi connectivity index (χ2n) is 5.64. The van der Waals surface area contributed by atoms with E-state index in [4.69, 9.17) is 9.84 Å². The van der Waals surface area contributed by atoms with Crippen molar-refractivity contribution in [2.75, 3.05) is 19.7 Å². The summed E-state index contributed by atoms with van der Waals surface area (Å²) >= 11 is 0. The van der Waals surface area contributed by atoms with Gasteiger partial charge in [-0.15, -0.1) is 0 Å². The van der Waals surface area contributed by atoms with Crippen molar-refractivity contribution in [3.05, 3.63) is 0 Å². The first-order valence-electron chi connectivity index (χ1n) is 6.99. The van der Waals surface area contributed by atoms with E-state index in [1.165, 1.54) is 4.90 Å². The van der Waals surface area contributed by atoms with Crippen molar-refractivity contribution in [2.24, 2.45) is 0 Å². The number of aliphatic carboxylic acids is 1. The Balaban J connectivity index is 1.65. The first kappa shape index (κ1) is 13.5. The Bertz CT molecular complexity index is 448. The highest BCUT2D eigenvalue weighted by Crippen LogP contribution is 2.33. The second kappa shape index (κ2) is 5.14. The summed E-state index contributed by atoms with van der Waals surface area (Å²) in [7, 11) is 0. The van der Waals surface area contributed by atoms with Crippen molar-refractivity contribution in [1.82, 2.24) is 9.80 Å². The fourth-order valence-corrected chi connectivity index (χ4v) is 2.98. The molecule has 2 saturated heterocycles. The highest BCUT2D eigenvalue weighted by Gasteiger charge is 2.48. The summed E-state index contributed by atoms with van der Waals surface area (Å²) in [4.78, 5) is 38.3. The van der Waals surface area contributed by atoms with Crippen molar-refractivity contribution < 1.29 is 24.2 Å². The van der Waals surface area contributed by atoms with Crippen LogP contribution in [0.25, 0.3) is 0 Å². The smallest absolute Gasteiger partial charge is 0.306 e. The minimum atomic E-state index is -0.912. The molecule has 2 aliphatic heterocycles. The lowest BCUT2D eigenvalue weighted by atomic mass is 10.1. The monoisotopic (exact) mass is 282 g/mol. The molecule has 0 aromatic rings. The molecule has 2 heterocycles. The van der Waals surface area contributed by atoms with E-state index in [9.17, 15) is 14.4 Å². The van der Waals surface area contributed by atoms with E-state index in [2.05, 4.69) is 0 Å². The highest BCUT2D eigenvalue weighted by molar-refractivity contribution is 6.06. The first-order valence-corrected chi connectivity index (χ1v) is 6.99. The lowest BCUT2D eigenvalue weighted by molar-refractivity contribution is -0.143. The van der Waals surface area contributed by atoms with Crippen LogP contribution in [0, 0.1) is 0 Å². The molecule has 0 aromatic heterocycles.